The molecule has 1 aliphatic heterocycles. The van der Waals surface area contributed by atoms with Crippen LogP contribution in [0.2, 0.25) is 0 Å². The van der Waals surface area contributed by atoms with Gasteiger partial charge in [0.15, 0.2) is 0 Å². The van der Waals surface area contributed by atoms with Gasteiger partial charge in [-0.1, -0.05) is 18.3 Å². The van der Waals surface area contributed by atoms with Gasteiger partial charge in [-0.2, -0.15) is 13.2 Å². The number of rotatable bonds is 3. The highest BCUT2D eigenvalue weighted by molar-refractivity contribution is 7.81. The number of pyridine rings is 1. The largest absolute Gasteiger partial charge is 0.511 e. The molecule has 5 nitrogen and oxygen atoms in total. The average Bonchev–Trinajstić information content (AvgIpc) is 2.62. The molecule has 0 fully saturated rings. The fraction of sp³-hybridized carbons (Fsp3) is 0.167. The van der Waals surface area contributed by atoms with Gasteiger partial charge in [-0.25, -0.2) is 4.39 Å². The Morgan fingerprint density at radius 2 is 1.89 bits per heavy atom. The number of nitrogens with one attached hydrogen (secondary N) is 2. The van der Waals surface area contributed by atoms with Crippen molar-refractivity contribution in [2.75, 3.05) is 5.32 Å². The van der Waals surface area contributed by atoms with Crippen molar-refractivity contribution in [3.05, 3.63) is 71.0 Å². The van der Waals surface area contributed by atoms with Crippen LogP contribution in [0, 0.1) is 5.82 Å². The van der Waals surface area contributed by atoms with Crippen LogP contribution >= 0.6 is 12.2 Å². The lowest BCUT2D eigenvalue weighted by Gasteiger charge is -2.26. The van der Waals surface area contributed by atoms with E-state index in [9.17, 15) is 27.5 Å². The van der Waals surface area contributed by atoms with E-state index in [1.165, 1.54) is 30.3 Å². The summed E-state index contributed by atoms with van der Waals surface area (Å²) in [4.78, 5) is 15.7. The zero-order valence-corrected chi connectivity index (χ0v) is 14.9. The molecule has 146 valence electrons. The van der Waals surface area contributed by atoms with E-state index in [2.05, 4.69) is 15.6 Å². The van der Waals surface area contributed by atoms with Gasteiger partial charge in [-0.3, -0.25) is 9.78 Å². The molecule has 10 heteroatoms. The van der Waals surface area contributed by atoms with Crippen LogP contribution in [0.4, 0.5) is 23.2 Å². The molecule has 0 aliphatic carbocycles. The molecule has 1 unspecified atom stereocenters. The zero-order valence-electron chi connectivity index (χ0n) is 14.0. The summed E-state index contributed by atoms with van der Waals surface area (Å²) in [5.74, 6) is -1.44. The van der Waals surface area contributed by atoms with E-state index >= 15 is 0 Å². The summed E-state index contributed by atoms with van der Waals surface area (Å²) in [7, 11) is 0. The molecule has 1 aromatic heterocycles. The number of hydrogen-bond donors (Lipinski definition) is 3. The second-order valence-electron chi connectivity index (χ2n) is 5.99. The standard InChI is InChI=1S/C18H13F4N3O2S/c19-10-2-4-11(5-3-10)24-17(28)15-13(26)7-12(25-16(15)27)9-1-6-14(23-8-9)18(20,21)22/h1-6,8,12,26H,7H2,(H,24,28)(H,25,27). The summed E-state index contributed by atoms with van der Waals surface area (Å²) in [6.07, 6.45) is -3.64. The molecule has 28 heavy (non-hydrogen) atoms. The lowest BCUT2D eigenvalue weighted by atomic mass is 9.97. The number of carbonyl (C=O) groups excluding carboxylic acids is 1. The lowest BCUT2D eigenvalue weighted by Crippen LogP contribution is -2.38. The highest BCUT2D eigenvalue weighted by atomic mass is 32.1. The molecule has 0 saturated carbocycles. The van der Waals surface area contributed by atoms with Crippen molar-refractivity contribution in [2.24, 2.45) is 0 Å². The number of aliphatic hydroxyl groups is 1. The summed E-state index contributed by atoms with van der Waals surface area (Å²) < 4.78 is 50.8. The van der Waals surface area contributed by atoms with Crippen LogP contribution in [-0.2, 0) is 11.0 Å². The van der Waals surface area contributed by atoms with Crippen molar-refractivity contribution in [1.82, 2.24) is 10.3 Å². The Hall–Kier alpha value is -3.01. The predicted molar refractivity (Wildman–Crippen MR) is 97.0 cm³/mol. The number of alkyl halides is 3. The van der Waals surface area contributed by atoms with E-state index in [1.807, 2.05) is 0 Å². The Bertz CT molecular complexity index is 941. The molecule has 2 heterocycles. The van der Waals surface area contributed by atoms with E-state index in [1.54, 1.807) is 0 Å². The lowest BCUT2D eigenvalue weighted by molar-refractivity contribution is -0.141. The van der Waals surface area contributed by atoms with Crippen LogP contribution in [0.25, 0.3) is 0 Å². The monoisotopic (exact) mass is 411 g/mol. The Labute approximate surface area is 162 Å². The van der Waals surface area contributed by atoms with E-state index in [0.29, 0.717) is 11.3 Å². The van der Waals surface area contributed by atoms with E-state index in [0.717, 1.165) is 12.3 Å². The number of aromatic nitrogens is 1. The van der Waals surface area contributed by atoms with Crippen LogP contribution in [-0.4, -0.2) is 21.0 Å². The topological polar surface area (TPSA) is 74.2 Å². The van der Waals surface area contributed by atoms with Gasteiger partial charge in [0.25, 0.3) is 5.91 Å². The average molecular weight is 411 g/mol. The quantitative estimate of drug-likeness (QED) is 0.525. The van der Waals surface area contributed by atoms with Crippen LogP contribution in [0.1, 0.15) is 23.7 Å². The van der Waals surface area contributed by atoms with E-state index < -0.39 is 29.6 Å². The number of anilines is 1. The normalized spacial score (nSPS) is 17.3. The van der Waals surface area contributed by atoms with E-state index in [4.69, 9.17) is 12.2 Å². The minimum atomic E-state index is -4.57. The van der Waals surface area contributed by atoms with Crippen molar-refractivity contribution in [3.63, 3.8) is 0 Å². The molecule has 0 bridgehead atoms. The Morgan fingerprint density at radius 3 is 2.43 bits per heavy atom. The highest BCUT2D eigenvalue weighted by Gasteiger charge is 2.34. The first-order chi connectivity index (χ1) is 13.1. The SMILES string of the molecule is O=C1NC(c2ccc(C(F)(F)F)nc2)CC(O)=C1C(=S)Nc1ccc(F)cc1. The van der Waals surface area contributed by atoms with Crippen molar-refractivity contribution in [2.45, 2.75) is 18.6 Å². The second-order valence-corrected chi connectivity index (χ2v) is 6.40. The van der Waals surface area contributed by atoms with Gasteiger partial charge in [0, 0.05) is 18.3 Å². The highest BCUT2D eigenvalue weighted by Crippen LogP contribution is 2.31. The molecule has 1 amide bonds. The molecular weight excluding hydrogens is 398 g/mol. The summed E-state index contributed by atoms with van der Waals surface area (Å²) in [5, 5.41) is 15.6. The maximum Gasteiger partial charge on any atom is 0.433 e. The van der Waals surface area contributed by atoms with Gasteiger partial charge in [0.05, 0.1) is 6.04 Å². The van der Waals surface area contributed by atoms with Crippen LogP contribution < -0.4 is 10.6 Å². The number of halogens is 4. The molecule has 1 atom stereocenters. The summed E-state index contributed by atoms with van der Waals surface area (Å²) >= 11 is 5.14. The summed E-state index contributed by atoms with van der Waals surface area (Å²) in [6.45, 7) is 0. The Kier molecular flexibility index (Phi) is 5.32. The molecule has 3 N–H and O–H groups in total. The zero-order chi connectivity index (χ0) is 20.5. The Morgan fingerprint density at radius 1 is 1.21 bits per heavy atom. The third-order valence-corrected chi connectivity index (χ3v) is 4.33. The summed E-state index contributed by atoms with van der Waals surface area (Å²) in [6, 6.07) is 6.47. The van der Waals surface area contributed by atoms with Gasteiger partial charge >= 0.3 is 6.18 Å². The maximum absolute atomic E-state index is 13.0. The number of thiocarbonyl (C=S) groups is 1. The number of aliphatic hydroxyl groups excluding tert-OH is 1. The number of carbonyl (C=O) groups is 1. The van der Waals surface area contributed by atoms with Crippen molar-refractivity contribution >= 4 is 28.8 Å². The molecular formula is C18H13F4N3O2S. The van der Waals surface area contributed by atoms with Crippen molar-refractivity contribution in [1.29, 1.82) is 0 Å². The van der Waals surface area contributed by atoms with Crippen LogP contribution in [0.15, 0.2) is 53.9 Å². The molecule has 1 aromatic carbocycles. The number of nitrogens with zero attached hydrogens (tertiary/aromatic N) is 1. The number of benzene rings is 1. The van der Waals surface area contributed by atoms with Gasteiger partial charge in [0.2, 0.25) is 0 Å². The number of hydrogen-bond acceptors (Lipinski definition) is 4. The third-order valence-electron chi connectivity index (χ3n) is 4.03. The van der Waals surface area contributed by atoms with Crippen LogP contribution in [0.5, 0.6) is 0 Å². The van der Waals surface area contributed by atoms with Gasteiger partial charge in [0.1, 0.15) is 27.8 Å². The Balaban J connectivity index is 1.76. The molecule has 2 aromatic rings. The van der Waals surface area contributed by atoms with Crippen molar-refractivity contribution < 1.29 is 27.5 Å². The van der Waals surface area contributed by atoms with Gasteiger partial charge < -0.3 is 15.7 Å². The van der Waals surface area contributed by atoms with Crippen LogP contribution in [0.3, 0.4) is 0 Å². The minimum Gasteiger partial charge on any atom is -0.511 e. The minimum absolute atomic E-state index is 0.0643. The number of amides is 1. The molecule has 0 saturated heterocycles. The molecule has 0 radical (unpaired) electrons. The fourth-order valence-corrected chi connectivity index (χ4v) is 2.98. The van der Waals surface area contributed by atoms with Gasteiger partial charge in [-0.15, -0.1) is 0 Å². The molecule has 1 aliphatic rings. The summed E-state index contributed by atoms with van der Waals surface area (Å²) in [5.41, 5.74) is -0.475. The molecule has 0 spiro atoms. The smallest absolute Gasteiger partial charge is 0.433 e. The van der Waals surface area contributed by atoms with Gasteiger partial charge in [-0.05, 0) is 35.9 Å². The molecule has 3 rings (SSSR count). The third kappa shape index (κ3) is 4.28. The predicted octanol–water partition coefficient (Wildman–Crippen LogP) is 4.05. The fourth-order valence-electron chi connectivity index (χ4n) is 2.65. The first-order valence-corrected chi connectivity index (χ1v) is 8.39. The first-order valence-electron chi connectivity index (χ1n) is 7.98. The maximum atomic E-state index is 13.0. The second kappa shape index (κ2) is 7.55. The van der Waals surface area contributed by atoms with E-state index in [-0.39, 0.29) is 22.7 Å². The van der Waals surface area contributed by atoms with Crippen molar-refractivity contribution in [3.8, 4) is 0 Å². The first kappa shape index (κ1) is 19.7.